The molecular weight excluding hydrogens is 278 g/mol. The number of halogens is 1. The van der Waals surface area contributed by atoms with Gasteiger partial charge < -0.3 is 15.0 Å². The summed E-state index contributed by atoms with van der Waals surface area (Å²) in [6.45, 7) is 3.40. The number of morpholine rings is 1. The van der Waals surface area contributed by atoms with Crippen LogP contribution in [0.15, 0.2) is 18.2 Å². The van der Waals surface area contributed by atoms with Gasteiger partial charge in [-0.25, -0.2) is 0 Å². The lowest BCUT2D eigenvalue weighted by Gasteiger charge is -2.30. The number of nitrogens with one attached hydrogen (secondary N) is 1. The smallest absolute Gasteiger partial charge is 0.234 e. The normalized spacial score (nSPS) is 14.7. The summed E-state index contributed by atoms with van der Waals surface area (Å²) in [5.74, 6) is -0.277. The van der Waals surface area contributed by atoms with Gasteiger partial charge in [0.15, 0.2) is 0 Å². The Balaban J connectivity index is 2.11. The first-order chi connectivity index (χ1) is 9.70. The predicted octanol–water partition coefficient (Wildman–Crippen LogP) is 1.71. The summed E-state index contributed by atoms with van der Waals surface area (Å²) in [6.07, 6.45) is -0.131. The highest BCUT2D eigenvalue weighted by Crippen LogP contribution is 2.25. The summed E-state index contributed by atoms with van der Waals surface area (Å²) in [5.41, 5.74) is 2.00. The van der Waals surface area contributed by atoms with Crippen molar-refractivity contribution in [2.24, 2.45) is 0 Å². The van der Waals surface area contributed by atoms with E-state index >= 15 is 0 Å². The molecule has 1 aromatic rings. The van der Waals surface area contributed by atoms with Crippen LogP contribution < -0.4 is 10.2 Å². The predicted molar refractivity (Wildman–Crippen MR) is 76.6 cm³/mol. The number of hydrogen-bond acceptors (Lipinski definition) is 4. The Morgan fingerprint density at radius 1 is 1.45 bits per heavy atom. The molecule has 1 aliphatic rings. The van der Waals surface area contributed by atoms with E-state index in [1.165, 1.54) is 0 Å². The van der Waals surface area contributed by atoms with Gasteiger partial charge in [-0.05, 0) is 23.8 Å². The number of benzene rings is 1. The maximum Gasteiger partial charge on any atom is 0.234 e. The fraction of sp³-hybridized carbons (Fsp3) is 0.429. The van der Waals surface area contributed by atoms with Gasteiger partial charge in [0.05, 0.1) is 19.3 Å². The van der Waals surface area contributed by atoms with Crippen LogP contribution in [0.1, 0.15) is 12.0 Å². The first-order valence-corrected chi connectivity index (χ1v) is 6.83. The Morgan fingerprint density at radius 2 is 2.20 bits per heavy atom. The van der Waals surface area contributed by atoms with Crippen molar-refractivity contribution in [1.82, 2.24) is 5.32 Å². The Bertz CT molecular complexity index is 522. The Morgan fingerprint density at radius 3 is 2.90 bits per heavy atom. The van der Waals surface area contributed by atoms with Crippen LogP contribution in [0.2, 0.25) is 5.02 Å². The van der Waals surface area contributed by atoms with Gasteiger partial charge in [-0.3, -0.25) is 4.79 Å². The molecule has 0 spiro atoms. The monoisotopic (exact) mass is 293 g/mol. The van der Waals surface area contributed by atoms with Gasteiger partial charge in [-0.1, -0.05) is 11.6 Å². The summed E-state index contributed by atoms with van der Waals surface area (Å²) < 4.78 is 5.34. The second kappa shape index (κ2) is 7.13. The SMILES string of the molecule is N#CCC(=O)NCc1cc(Cl)ccc1N1CCOCC1. The van der Waals surface area contributed by atoms with E-state index in [1.54, 1.807) is 0 Å². The zero-order valence-electron chi connectivity index (χ0n) is 11.1. The molecule has 106 valence electrons. The second-order valence-corrected chi connectivity index (χ2v) is 4.92. The lowest BCUT2D eigenvalue weighted by molar-refractivity contribution is -0.120. The molecule has 0 aliphatic carbocycles. The molecule has 1 aliphatic heterocycles. The van der Waals surface area contributed by atoms with Crippen LogP contribution in [0, 0.1) is 11.3 Å². The summed E-state index contributed by atoms with van der Waals surface area (Å²) >= 11 is 6.02. The minimum absolute atomic E-state index is 0.131. The molecule has 1 N–H and O–H groups in total. The third-order valence-electron chi connectivity index (χ3n) is 3.11. The number of nitrogens with zero attached hydrogens (tertiary/aromatic N) is 2. The average molecular weight is 294 g/mol. The number of amides is 1. The summed E-state index contributed by atoms with van der Waals surface area (Å²) in [6, 6.07) is 7.47. The molecule has 1 aromatic carbocycles. The lowest BCUT2D eigenvalue weighted by Crippen LogP contribution is -2.37. The largest absolute Gasteiger partial charge is 0.378 e. The van der Waals surface area contributed by atoms with Crippen molar-refractivity contribution in [1.29, 1.82) is 5.26 Å². The molecule has 1 amide bonds. The fourth-order valence-electron chi connectivity index (χ4n) is 2.14. The van der Waals surface area contributed by atoms with Gasteiger partial charge in [-0.15, -0.1) is 0 Å². The van der Waals surface area contributed by atoms with Crippen molar-refractivity contribution in [3.8, 4) is 6.07 Å². The summed E-state index contributed by atoms with van der Waals surface area (Å²) in [5, 5.41) is 11.8. The molecule has 6 heteroatoms. The molecular formula is C14H16ClN3O2. The number of ether oxygens (including phenoxy) is 1. The number of rotatable bonds is 4. The van der Waals surface area contributed by atoms with E-state index in [0.29, 0.717) is 24.8 Å². The van der Waals surface area contributed by atoms with Gasteiger partial charge in [0.1, 0.15) is 6.42 Å². The Hall–Kier alpha value is -1.77. The van der Waals surface area contributed by atoms with E-state index in [9.17, 15) is 4.79 Å². The molecule has 0 atom stereocenters. The third kappa shape index (κ3) is 3.86. The van der Waals surface area contributed by atoms with Crippen molar-refractivity contribution < 1.29 is 9.53 Å². The van der Waals surface area contributed by atoms with E-state index in [0.717, 1.165) is 24.3 Å². The number of hydrogen-bond donors (Lipinski definition) is 1. The van der Waals surface area contributed by atoms with Gasteiger partial charge in [0.25, 0.3) is 0 Å². The molecule has 0 aromatic heterocycles. The van der Waals surface area contributed by atoms with Crippen LogP contribution in [0.25, 0.3) is 0 Å². The lowest BCUT2D eigenvalue weighted by atomic mass is 10.1. The van der Waals surface area contributed by atoms with Crippen molar-refractivity contribution in [3.63, 3.8) is 0 Å². The van der Waals surface area contributed by atoms with Crippen LogP contribution in [0.4, 0.5) is 5.69 Å². The molecule has 0 radical (unpaired) electrons. The number of nitriles is 1. The highest BCUT2D eigenvalue weighted by molar-refractivity contribution is 6.30. The van der Waals surface area contributed by atoms with Gasteiger partial charge >= 0.3 is 0 Å². The first-order valence-electron chi connectivity index (χ1n) is 6.45. The zero-order chi connectivity index (χ0) is 14.4. The standard InChI is InChI=1S/C14H16ClN3O2/c15-12-1-2-13(18-5-7-20-8-6-18)11(9-12)10-17-14(19)3-4-16/h1-2,9H,3,5-8,10H2,(H,17,19). The molecule has 0 saturated carbocycles. The summed E-state index contributed by atoms with van der Waals surface area (Å²) in [4.78, 5) is 13.6. The molecule has 1 fully saturated rings. The van der Waals surface area contributed by atoms with Gasteiger partial charge in [0.2, 0.25) is 5.91 Å². The maximum atomic E-state index is 11.4. The third-order valence-corrected chi connectivity index (χ3v) is 3.34. The number of anilines is 1. The highest BCUT2D eigenvalue weighted by Gasteiger charge is 2.15. The Labute approximate surface area is 123 Å². The molecule has 2 rings (SSSR count). The highest BCUT2D eigenvalue weighted by atomic mass is 35.5. The molecule has 1 saturated heterocycles. The minimum Gasteiger partial charge on any atom is -0.378 e. The van der Waals surface area contributed by atoms with Crippen LogP contribution in [0.3, 0.4) is 0 Å². The van der Waals surface area contributed by atoms with E-state index < -0.39 is 0 Å². The van der Waals surface area contributed by atoms with E-state index in [-0.39, 0.29) is 12.3 Å². The number of carbonyl (C=O) groups excluding carboxylic acids is 1. The molecule has 0 unspecified atom stereocenters. The van der Waals surface area contributed by atoms with Gasteiger partial charge in [-0.2, -0.15) is 5.26 Å². The van der Waals surface area contributed by atoms with E-state index in [4.69, 9.17) is 21.6 Å². The van der Waals surface area contributed by atoms with E-state index in [1.807, 2.05) is 24.3 Å². The summed E-state index contributed by atoms with van der Waals surface area (Å²) in [7, 11) is 0. The zero-order valence-corrected chi connectivity index (χ0v) is 11.8. The van der Waals surface area contributed by atoms with Crippen molar-refractivity contribution >= 4 is 23.2 Å². The molecule has 0 bridgehead atoms. The van der Waals surface area contributed by atoms with Crippen LogP contribution in [0.5, 0.6) is 0 Å². The topological polar surface area (TPSA) is 65.4 Å². The van der Waals surface area contributed by atoms with Gasteiger partial charge in [0, 0.05) is 30.3 Å². The van der Waals surface area contributed by atoms with Crippen molar-refractivity contribution in [2.75, 3.05) is 31.2 Å². The minimum atomic E-state index is -0.277. The van der Waals surface area contributed by atoms with Crippen molar-refractivity contribution in [3.05, 3.63) is 28.8 Å². The van der Waals surface area contributed by atoms with Crippen molar-refractivity contribution in [2.45, 2.75) is 13.0 Å². The van der Waals surface area contributed by atoms with Crippen LogP contribution >= 0.6 is 11.6 Å². The van der Waals surface area contributed by atoms with Crippen LogP contribution in [-0.2, 0) is 16.1 Å². The first kappa shape index (κ1) is 14.6. The quantitative estimate of drug-likeness (QED) is 0.918. The second-order valence-electron chi connectivity index (χ2n) is 4.48. The fourth-order valence-corrected chi connectivity index (χ4v) is 2.33. The molecule has 20 heavy (non-hydrogen) atoms. The van der Waals surface area contributed by atoms with Crippen LogP contribution in [-0.4, -0.2) is 32.2 Å². The maximum absolute atomic E-state index is 11.4. The molecule has 5 nitrogen and oxygen atoms in total. The molecule has 1 heterocycles. The Kier molecular flexibility index (Phi) is 5.22. The number of carbonyl (C=O) groups is 1. The van der Waals surface area contributed by atoms with E-state index in [2.05, 4.69) is 10.2 Å². The average Bonchev–Trinajstić information content (AvgIpc) is 2.46.